The first kappa shape index (κ1) is 19.7. The van der Waals surface area contributed by atoms with Gasteiger partial charge in [0, 0.05) is 17.5 Å². The van der Waals surface area contributed by atoms with Gasteiger partial charge in [-0.25, -0.2) is 4.39 Å². The Kier molecular flexibility index (Phi) is 6.28. The molecule has 0 aliphatic carbocycles. The number of nitrogens with zero attached hydrogens (tertiary/aromatic N) is 1. The van der Waals surface area contributed by atoms with Gasteiger partial charge < -0.3 is 15.1 Å². The zero-order valence-electron chi connectivity index (χ0n) is 13.6. The highest BCUT2D eigenvalue weighted by molar-refractivity contribution is 6.42. The summed E-state index contributed by atoms with van der Waals surface area (Å²) in [6.45, 7) is 0.0347. The fourth-order valence-corrected chi connectivity index (χ4v) is 3.36. The van der Waals surface area contributed by atoms with Gasteiger partial charge >= 0.3 is 0 Å². The molecule has 2 aromatic carbocycles. The topological polar surface area (TPSA) is 52.7 Å². The van der Waals surface area contributed by atoms with Gasteiger partial charge in [0.05, 0.1) is 28.2 Å². The van der Waals surface area contributed by atoms with Crippen LogP contribution in [0.4, 0.5) is 4.39 Å². The van der Waals surface area contributed by atoms with E-state index in [1.165, 1.54) is 6.07 Å². The predicted molar refractivity (Wildman–Crippen MR) is 98.8 cm³/mol. The van der Waals surface area contributed by atoms with E-state index in [-0.39, 0.29) is 6.61 Å². The summed E-state index contributed by atoms with van der Waals surface area (Å²) in [4.78, 5) is 0. The van der Waals surface area contributed by atoms with Crippen LogP contribution in [-0.4, -0.2) is 34.0 Å². The molecule has 26 heavy (non-hydrogen) atoms. The van der Waals surface area contributed by atoms with E-state index in [9.17, 15) is 14.7 Å². The summed E-state index contributed by atoms with van der Waals surface area (Å²) in [7, 11) is 0. The van der Waals surface area contributed by atoms with Crippen molar-refractivity contribution >= 4 is 34.8 Å². The van der Waals surface area contributed by atoms with Crippen LogP contribution >= 0.6 is 34.8 Å². The van der Waals surface area contributed by atoms with E-state index in [4.69, 9.17) is 39.5 Å². The van der Waals surface area contributed by atoms with Crippen LogP contribution in [0.2, 0.25) is 10.0 Å². The number of alkyl halides is 1. The molecule has 4 atom stereocenters. The van der Waals surface area contributed by atoms with Crippen molar-refractivity contribution in [2.24, 2.45) is 0 Å². The van der Waals surface area contributed by atoms with Crippen LogP contribution < -0.4 is 4.74 Å². The van der Waals surface area contributed by atoms with Gasteiger partial charge in [-0.05, 0) is 30.2 Å². The largest absolute Gasteiger partial charge is 0.491 e. The fourth-order valence-electron chi connectivity index (χ4n) is 2.80. The lowest BCUT2D eigenvalue weighted by atomic mass is 10.0. The van der Waals surface area contributed by atoms with Gasteiger partial charge in [-0.3, -0.25) is 0 Å². The molecule has 0 bridgehead atoms. The smallest absolute Gasteiger partial charge is 0.131 e. The van der Waals surface area contributed by atoms with Crippen LogP contribution in [0, 0.1) is 5.82 Å². The number of aliphatic hydroxyl groups is 1. The second-order valence-electron chi connectivity index (χ2n) is 6.07. The molecule has 4 nitrogen and oxygen atoms in total. The van der Waals surface area contributed by atoms with Crippen molar-refractivity contribution in [3.05, 3.63) is 63.4 Å². The number of rotatable bonds is 7. The van der Waals surface area contributed by atoms with E-state index in [1.807, 2.05) is 0 Å². The highest BCUT2D eigenvalue weighted by atomic mass is 35.5. The minimum absolute atomic E-state index is 0.0347. The molecule has 0 aromatic heterocycles. The summed E-state index contributed by atoms with van der Waals surface area (Å²) < 4.78 is 19.8. The summed E-state index contributed by atoms with van der Waals surface area (Å²) in [5.41, 5.74) is 1.09. The number of aliphatic hydroxyl groups excluding tert-OH is 1. The molecular weight excluding hydrogens is 404 g/mol. The molecular formula is C18H17Cl3FNO3. The average Bonchev–Trinajstić information content (AvgIpc) is 3.26. The second-order valence-corrected chi connectivity index (χ2v) is 7.26. The Labute approximate surface area is 165 Å². The molecule has 3 rings (SSSR count). The normalized spacial score (nSPS) is 22.9. The molecule has 1 fully saturated rings. The van der Waals surface area contributed by atoms with Crippen molar-refractivity contribution in [2.75, 3.05) is 12.5 Å². The Morgan fingerprint density at radius 1 is 1.12 bits per heavy atom. The molecule has 8 heteroatoms. The minimum atomic E-state index is -0.703. The van der Waals surface area contributed by atoms with Crippen molar-refractivity contribution in [2.45, 2.75) is 24.6 Å². The molecule has 2 unspecified atom stereocenters. The van der Waals surface area contributed by atoms with Gasteiger partial charge in [-0.15, -0.1) is 11.6 Å². The fraction of sp³-hybridized carbons (Fsp3) is 0.333. The van der Waals surface area contributed by atoms with E-state index < -0.39 is 24.0 Å². The lowest BCUT2D eigenvalue weighted by molar-refractivity contribution is 0.00427. The summed E-state index contributed by atoms with van der Waals surface area (Å²) in [5, 5.41) is 21.6. The quantitative estimate of drug-likeness (QED) is 0.489. The third kappa shape index (κ3) is 4.25. The third-order valence-corrected chi connectivity index (χ3v) is 5.20. The van der Waals surface area contributed by atoms with Gasteiger partial charge in [-0.1, -0.05) is 35.3 Å². The molecule has 0 saturated carbocycles. The number of halogens is 4. The number of hydrogen-bond acceptors (Lipinski definition) is 4. The van der Waals surface area contributed by atoms with Gasteiger partial charge in [0.1, 0.15) is 18.2 Å². The zero-order valence-corrected chi connectivity index (χ0v) is 15.8. The lowest BCUT2D eigenvalue weighted by Crippen LogP contribution is -2.17. The van der Waals surface area contributed by atoms with Crippen LogP contribution in [0.15, 0.2) is 36.4 Å². The van der Waals surface area contributed by atoms with Crippen LogP contribution in [0.3, 0.4) is 0 Å². The Bertz CT molecular complexity index is 792. The third-order valence-electron chi connectivity index (χ3n) is 4.24. The summed E-state index contributed by atoms with van der Waals surface area (Å²) in [6.07, 6.45) is -0.305. The first-order valence-corrected chi connectivity index (χ1v) is 9.30. The SMILES string of the molecule is OC(CCCl)COc1ccc([C@@H]2[C@H](c3ccc(Cl)c(Cl)c3)N2O)c(F)c1. The number of hydrogen-bond donors (Lipinski definition) is 2. The van der Waals surface area contributed by atoms with Gasteiger partial charge in [-0.2, -0.15) is 5.06 Å². The minimum Gasteiger partial charge on any atom is -0.491 e. The molecule has 0 spiro atoms. The number of benzene rings is 2. The summed E-state index contributed by atoms with van der Waals surface area (Å²) >= 11 is 17.5. The Balaban J connectivity index is 1.71. The Hall–Kier alpha value is -1.08. The molecule has 140 valence electrons. The van der Waals surface area contributed by atoms with Crippen molar-refractivity contribution in [3.8, 4) is 5.75 Å². The molecule has 2 N–H and O–H groups in total. The number of ether oxygens (including phenoxy) is 1. The monoisotopic (exact) mass is 419 g/mol. The Morgan fingerprint density at radius 3 is 2.54 bits per heavy atom. The zero-order chi connectivity index (χ0) is 18.8. The van der Waals surface area contributed by atoms with E-state index in [0.717, 1.165) is 10.6 Å². The molecule has 1 saturated heterocycles. The van der Waals surface area contributed by atoms with Crippen molar-refractivity contribution in [3.63, 3.8) is 0 Å². The van der Waals surface area contributed by atoms with E-state index >= 15 is 0 Å². The maximum absolute atomic E-state index is 14.5. The van der Waals surface area contributed by atoms with Crippen LogP contribution in [0.25, 0.3) is 0 Å². The molecule has 1 aliphatic heterocycles. The summed E-state index contributed by atoms with van der Waals surface area (Å²) in [5.74, 6) is 0.124. The standard InChI is InChI=1S/C18H17Cl3FNO3/c19-6-5-11(24)9-26-12-2-3-13(16(22)8-12)18-17(23(18)25)10-1-4-14(20)15(21)7-10/h1-4,7-8,11,17-18,24-25H,5-6,9H2/t11?,17-,18+,23?/m0/s1. The van der Waals surface area contributed by atoms with Gasteiger partial charge in [0.15, 0.2) is 0 Å². The molecule has 1 aliphatic rings. The first-order chi connectivity index (χ1) is 12.4. The van der Waals surface area contributed by atoms with E-state index in [1.54, 1.807) is 30.3 Å². The van der Waals surface area contributed by atoms with Crippen molar-refractivity contribution in [1.82, 2.24) is 5.06 Å². The van der Waals surface area contributed by atoms with Gasteiger partial charge in [0.2, 0.25) is 0 Å². The molecule has 1 heterocycles. The van der Waals surface area contributed by atoms with Crippen LogP contribution in [-0.2, 0) is 0 Å². The average molecular weight is 421 g/mol. The van der Waals surface area contributed by atoms with E-state index in [2.05, 4.69) is 0 Å². The van der Waals surface area contributed by atoms with Crippen LogP contribution in [0.1, 0.15) is 29.6 Å². The summed E-state index contributed by atoms with van der Waals surface area (Å²) in [6, 6.07) is 8.54. The maximum Gasteiger partial charge on any atom is 0.131 e. The van der Waals surface area contributed by atoms with Crippen molar-refractivity contribution in [1.29, 1.82) is 0 Å². The Morgan fingerprint density at radius 2 is 1.88 bits per heavy atom. The second kappa shape index (κ2) is 8.30. The molecule has 0 amide bonds. The van der Waals surface area contributed by atoms with Crippen molar-refractivity contribution < 1.29 is 19.4 Å². The number of hydroxylamine groups is 2. The molecule has 2 aromatic rings. The maximum atomic E-state index is 14.5. The first-order valence-electron chi connectivity index (χ1n) is 8.00. The van der Waals surface area contributed by atoms with E-state index in [0.29, 0.717) is 33.7 Å². The van der Waals surface area contributed by atoms with Gasteiger partial charge in [0.25, 0.3) is 0 Å². The van der Waals surface area contributed by atoms with Crippen LogP contribution in [0.5, 0.6) is 5.75 Å². The molecule has 0 radical (unpaired) electrons. The highest BCUT2D eigenvalue weighted by Gasteiger charge is 2.50. The highest BCUT2D eigenvalue weighted by Crippen LogP contribution is 2.54. The predicted octanol–water partition coefficient (Wildman–Crippen LogP) is 4.99. The lowest BCUT2D eigenvalue weighted by Gasteiger charge is -2.12.